The molecule has 0 bridgehead atoms. The van der Waals surface area contributed by atoms with Crippen molar-refractivity contribution in [3.63, 3.8) is 0 Å². The van der Waals surface area contributed by atoms with Gasteiger partial charge in [-0.25, -0.2) is 0 Å². The van der Waals surface area contributed by atoms with Gasteiger partial charge in [0.05, 0.1) is 19.1 Å². The number of hydrogen-bond donors (Lipinski definition) is 1. The van der Waals surface area contributed by atoms with Gasteiger partial charge in [0.15, 0.2) is 0 Å². The summed E-state index contributed by atoms with van der Waals surface area (Å²) in [5, 5.41) is 4.11. The highest BCUT2D eigenvalue weighted by Gasteiger charge is 2.23. The van der Waals surface area contributed by atoms with Gasteiger partial charge in [-0.15, -0.1) is 0 Å². The monoisotopic (exact) mass is 364 g/mol. The molecule has 1 unspecified atom stereocenters. The molecule has 3 aromatic rings. The van der Waals surface area contributed by atoms with E-state index >= 15 is 0 Å². The lowest BCUT2D eigenvalue weighted by Gasteiger charge is -2.32. The Balaban J connectivity index is 1.36. The third-order valence-electron chi connectivity index (χ3n) is 4.79. The topological polar surface area (TPSA) is 77.4 Å². The van der Waals surface area contributed by atoms with Crippen LogP contribution in [0.15, 0.2) is 59.1 Å². The minimum Gasteiger partial charge on any atom is -0.375 e. The largest absolute Gasteiger partial charge is 0.375 e. The molecule has 0 aliphatic carbocycles. The minimum absolute atomic E-state index is 0.0652. The second-order valence-electron chi connectivity index (χ2n) is 6.83. The van der Waals surface area contributed by atoms with Crippen molar-refractivity contribution in [1.29, 1.82) is 0 Å². The zero-order valence-electron chi connectivity index (χ0n) is 15.3. The van der Waals surface area contributed by atoms with Crippen LogP contribution in [0.5, 0.6) is 0 Å². The van der Waals surface area contributed by atoms with E-state index in [0.717, 1.165) is 37.4 Å². The van der Waals surface area contributed by atoms with E-state index < -0.39 is 0 Å². The Kier molecular flexibility index (Phi) is 5.58. The Hall–Kier alpha value is -2.54. The quantitative estimate of drug-likeness (QED) is 0.724. The van der Waals surface area contributed by atoms with E-state index in [1.165, 1.54) is 5.56 Å². The Labute approximate surface area is 158 Å². The van der Waals surface area contributed by atoms with Crippen molar-refractivity contribution < 1.29 is 9.26 Å². The van der Waals surface area contributed by atoms with E-state index in [1.54, 1.807) is 0 Å². The molecule has 1 fully saturated rings. The Morgan fingerprint density at radius 2 is 1.85 bits per heavy atom. The van der Waals surface area contributed by atoms with Crippen LogP contribution in [-0.2, 0) is 24.2 Å². The summed E-state index contributed by atoms with van der Waals surface area (Å²) in [6.45, 7) is 3.98. The van der Waals surface area contributed by atoms with Gasteiger partial charge in [-0.05, 0) is 11.1 Å². The van der Waals surface area contributed by atoms with Crippen molar-refractivity contribution in [2.24, 2.45) is 5.73 Å². The fourth-order valence-electron chi connectivity index (χ4n) is 3.33. The number of morpholine rings is 1. The fourth-order valence-corrected chi connectivity index (χ4v) is 3.33. The lowest BCUT2D eigenvalue weighted by molar-refractivity contribution is -0.0335. The maximum atomic E-state index is 5.91. The molecule has 140 valence electrons. The molecule has 2 aromatic carbocycles. The molecule has 2 N–H and O–H groups in total. The first-order valence-corrected chi connectivity index (χ1v) is 9.30. The molecule has 27 heavy (non-hydrogen) atoms. The molecule has 1 aliphatic heterocycles. The molecule has 0 spiro atoms. The second kappa shape index (κ2) is 8.43. The summed E-state index contributed by atoms with van der Waals surface area (Å²) in [5.41, 5.74) is 8.97. The van der Waals surface area contributed by atoms with Gasteiger partial charge in [0.25, 0.3) is 0 Å². The van der Waals surface area contributed by atoms with Crippen LogP contribution in [0.2, 0.25) is 0 Å². The average Bonchev–Trinajstić information content (AvgIpc) is 3.17. The number of nitrogens with two attached hydrogens (primary N) is 1. The van der Waals surface area contributed by atoms with Gasteiger partial charge in [0.1, 0.15) is 0 Å². The minimum atomic E-state index is 0.0652. The summed E-state index contributed by atoms with van der Waals surface area (Å²) in [4.78, 5) is 6.94. The van der Waals surface area contributed by atoms with E-state index in [0.29, 0.717) is 24.7 Å². The summed E-state index contributed by atoms with van der Waals surface area (Å²) < 4.78 is 11.4. The summed E-state index contributed by atoms with van der Waals surface area (Å²) >= 11 is 0. The number of aromatic nitrogens is 2. The van der Waals surface area contributed by atoms with Crippen molar-refractivity contribution in [2.45, 2.75) is 25.6 Å². The zero-order valence-corrected chi connectivity index (χ0v) is 15.3. The smallest absolute Gasteiger partial charge is 0.229 e. The van der Waals surface area contributed by atoms with Crippen LogP contribution in [0.4, 0.5) is 0 Å². The molecular weight excluding hydrogens is 340 g/mol. The molecular formula is C21H24N4O2. The summed E-state index contributed by atoms with van der Waals surface area (Å²) in [7, 11) is 0. The van der Waals surface area contributed by atoms with Gasteiger partial charge in [-0.1, -0.05) is 59.8 Å². The van der Waals surface area contributed by atoms with E-state index in [4.69, 9.17) is 15.0 Å². The van der Waals surface area contributed by atoms with E-state index in [1.807, 2.05) is 30.3 Å². The third-order valence-corrected chi connectivity index (χ3v) is 4.79. The molecule has 4 rings (SSSR count). The zero-order chi connectivity index (χ0) is 18.5. The van der Waals surface area contributed by atoms with Gasteiger partial charge in [-0.2, -0.15) is 4.98 Å². The van der Waals surface area contributed by atoms with Crippen LogP contribution < -0.4 is 5.73 Å². The number of hydrogen-bond acceptors (Lipinski definition) is 6. The van der Waals surface area contributed by atoms with Gasteiger partial charge in [-0.3, -0.25) is 4.90 Å². The number of benzene rings is 2. The molecule has 1 saturated heterocycles. The Morgan fingerprint density at radius 3 is 2.63 bits per heavy atom. The molecule has 6 heteroatoms. The van der Waals surface area contributed by atoms with Gasteiger partial charge >= 0.3 is 0 Å². The highest BCUT2D eigenvalue weighted by Crippen LogP contribution is 2.19. The van der Waals surface area contributed by atoms with Crippen molar-refractivity contribution in [1.82, 2.24) is 15.0 Å². The van der Waals surface area contributed by atoms with E-state index in [2.05, 4.69) is 39.3 Å². The van der Waals surface area contributed by atoms with Crippen LogP contribution in [-0.4, -0.2) is 40.8 Å². The highest BCUT2D eigenvalue weighted by molar-refractivity contribution is 5.54. The van der Waals surface area contributed by atoms with Crippen LogP contribution in [0.3, 0.4) is 0 Å². The molecule has 0 amide bonds. The molecule has 1 atom stereocenters. The van der Waals surface area contributed by atoms with Crippen LogP contribution >= 0.6 is 0 Å². The first kappa shape index (κ1) is 17.9. The Morgan fingerprint density at radius 1 is 1.04 bits per heavy atom. The van der Waals surface area contributed by atoms with Crippen molar-refractivity contribution >= 4 is 0 Å². The first-order valence-electron chi connectivity index (χ1n) is 9.30. The normalized spacial score (nSPS) is 17.9. The molecule has 0 saturated carbocycles. The number of nitrogens with zero attached hydrogens (tertiary/aromatic N) is 3. The lowest BCUT2D eigenvalue weighted by atomic mass is 10.1. The standard InChI is InChI=1S/C21H24N4O2/c22-13-16-6-8-18(9-7-16)21-23-20(27-24-21)12-19-15-25(10-11-26-19)14-17-4-2-1-3-5-17/h1-9,19H,10-15,22H2. The molecule has 1 aliphatic rings. The fraction of sp³-hybridized carbons (Fsp3) is 0.333. The lowest BCUT2D eigenvalue weighted by Crippen LogP contribution is -2.42. The van der Waals surface area contributed by atoms with E-state index in [-0.39, 0.29) is 6.10 Å². The molecule has 0 radical (unpaired) electrons. The number of ether oxygens (including phenoxy) is 1. The molecule has 1 aromatic heterocycles. The van der Waals surface area contributed by atoms with Crippen molar-refractivity contribution in [3.05, 3.63) is 71.6 Å². The number of rotatable bonds is 6. The molecule has 2 heterocycles. The van der Waals surface area contributed by atoms with Crippen LogP contribution in [0.1, 0.15) is 17.0 Å². The van der Waals surface area contributed by atoms with Gasteiger partial charge in [0, 0.05) is 31.7 Å². The third kappa shape index (κ3) is 4.60. The summed E-state index contributed by atoms with van der Waals surface area (Å²) in [6.07, 6.45) is 0.689. The first-order chi connectivity index (χ1) is 13.3. The second-order valence-corrected chi connectivity index (χ2v) is 6.83. The van der Waals surface area contributed by atoms with Gasteiger partial charge < -0.3 is 15.0 Å². The predicted octanol–water partition coefficient (Wildman–Crippen LogP) is 2.64. The summed E-state index contributed by atoms with van der Waals surface area (Å²) in [6, 6.07) is 18.4. The van der Waals surface area contributed by atoms with E-state index in [9.17, 15) is 0 Å². The van der Waals surface area contributed by atoms with Crippen LogP contribution in [0.25, 0.3) is 11.4 Å². The van der Waals surface area contributed by atoms with Crippen molar-refractivity contribution in [3.8, 4) is 11.4 Å². The highest BCUT2D eigenvalue weighted by atomic mass is 16.5. The maximum Gasteiger partial charge on any atom is 0.229 e. The average molecular weight is 364 g/mol. The van der Waals surface area contributed by atoms with Crippen LogP contribution in [0, 0.1) is 0 Å². The predicted molar refractivity (Wildman–Crippen MR) is 103 cm³/mol. The Bertz CT molecular complexity index is 848. The maximum absolute atomic E-state index is 5.91. The van der Waals surface area contributed by atoms with Gasteiger partial charge in [0.2, 0.25) is 11.7 Å². The van der Waals surface area contributed by atoms with Crippen molar-refractivity contribution in [2.75, 3.05) is 19.7 Å². The molecule has 6 nitrogen and oxygen atoms in total. The SMILES string of the molecule is NCc1ccc(-c2noc(CC3CN(Cc4ccccc4)CCO3)n2)cc1. The summed E-state index contributed by atoms with van der Waals surface area (Å²) in [5.74, 6) is 1.21.